The minimum Gasteiger partial charge on any atom is -0.481 e. The lowest BCUT2D eigenvalue weighted by Gasteiger charge is -2.69. The van der Waals surface area contributed by atoms with Crippen LogP contribution in [-0.4, -0.2) is 33.2 Å². The SMILES string of the molecule is C[C@H]1[C@H](C)CC[C@]2(C(=O)O)CC[C@]3(C)C(=CC[C@@H]4[C@@](C)(CC(=O)O)[C@H]([C@H](C)C(=O)O)CC[C@]43C)[C@H]12. The summed E-state index contributed by atoms with van der Waals surface area (Å²) in [5, 5.41) is 30.3. The fourth-order valence-electron chi connectivity index (χ4n) is 9.83. The van der Waals surface area contributed by atoms with Crippen molar-refractivity contribution < 1.29 is 29.7 Å². The smallest absolute Gasteiger partial charge is 0.310 e. The predicted molar refractivity (Wildman–Crippen MR) is 133 cm³/mol. The van der Waals surface area contributed by atoms with E-state index in [-0.39, 0.29) is 40.9 Å². The zero-order chi connectivity index (χ0) is 26.1. The van der Waals surface area contributed by atoms with E-state index >= 15 is 0 Å². The van der Waals surface area contributed by atoms with Gasteiger partial charge in [-0.3, -0.25) is 14.4 Å². The minimum atomic E-state index is -0.873. The Morgan fingerprint density at radius 1 is 1.00 bits per heavy atom. The van der Waals surface area contributed by atoms with E-state index in [1.807, 2.05) is 6.92 Å². The number of hydrogen-bond donors (Lipinski definition) is 3. The summed E-state index contributed by atoms with van der Waals surface area (Å²) in [6, 6.07) is 0. The lowest BCUT2D eigenvalue weighted by molar-refractivity contribution is -0.184. The third kappa shape index (κ3) is 3.44. The van der Waals surface area contributed by atoms with Gasteiger partial charge in [-0.1, -0.05) is 53.2 Å². The molecule has 0 aromatic heterocycles. The van der Waals surface area contributed by atoms with Gasteiger partial charge in [0, 0.05) is 0 Å². The number of carbonyl (C=O) groups is 3. The van der Waals surface area contributed by atoms with Gasteiger partial charge in [0.25, 0.3) is 0 Å². The Morgan fingerprint density at radius 3 is 2.23 bits per heavy atom. The summed E-state index contributed by atoms with van der Waals surface area (Å²) in [6.07, 6.45) is 7.60. The molecule has 0 unspecified atom stereocenters. The highest BCUT2D eigenvalue weighted by Crippen LogP contribution is 2.74. The van der Waals surface area contributed by atoms with Crippen LogP contribution in [0.25, 0.3) is 0 Å². The molecular formula is C29H44O6. The highest BCUT2D eigenvalue weighted by Gasteiger charge is 2.68. The molecule has 4 aliphatic carbocycles. The molecule has 0 amide bonds. The van der Waals surface area contributed by atoms with Crippen LogP contribution < -0.4 is 0 Å². The molecule has 3 saturated carbocycles. The van der Waals surface area contributed by atoms with Gasteiger partial charge in [0.05, 0.1) is 17.8 Å². The summed E-state index contributed by atoms with van der Waals surface area (Å²) in [7, 11) is 0. The summed E-state index contributed by atoms with van der Waals surface area (Å²) in [5.74, 6) is -2.42. The van der Waals surface area contributed by atoms with Crippen molar-refractivity contribution in [1.82, 2.24) is 0 Å². The van der Waals surface area contributed by atoms with E-state index < -0.39 is 34.7 Å². The van der Waals surface area contributed by atoms with Crippen LogP contribution in [0.1, 0.15) is 92.9 Å². The second-order valence-corrected chi connectivity index (χ2v) is 13.4. The highest BCUT2D eigenvalue weighted by atomic mass is 16.4. The van der Waals surface area contributed by atoms with Crippen molar-refractivity contribution >= 4 is 17.9 Å². The Labute approximate surface area is 209 Å². The maximum Gasteiger partial charge on any atom is 0.310 e. The zero-order valence-electron chi connectivity index (χ0n) is 22.3. The molecule has 3 N–H and O–H groups in total. The molecule has 0 bridgehead atoms. The van der Waals surface area contributed by atoms with Crippen LogP contribution in [0.3, 0.4) is 0 Å². The lowest BCUT2D eigenvalue weighted by atomic mass is 9.35. The van der Waals surface area contributed by atoms with E-state index in [1.54, 1.807) is 6.92 Å². The first kappa shape index (κ1) is 26.2. The molecule has 4 rings (SSSR count). The number of carboxylic acids is 3. The number of fused-ring (bicyclic) bond motifs is 5. The third-order valence-electron chi connectivity index (χ3n) is 12.3. The van der Waals surface area contributed by atoms with Gasteiger partial charge in [-0.25, -0.2) is 0 Å². The fourth-order valence-corrected chi connectivity index (χ4v) is 9.83. The second-order valence-electron chi connectivity index (χ2n) is 13.4. The van der Waals surface area contributed by atoms with Crippen LogP contribution in [0.4, 0.5) is 0 Å². The largest absolute Gasteiger partial charge is 0.481 e. The quantitative estimate of drug-likeness (QED) is 0.403. The maximum absolute atomic E-state index is 12.8. The number of carboxylic acid groups (broad SMARTS) is 3. The first-order chi connectivity index (χ1) is 16.2. The summed E-state index contributed by atoms with van der Waals surface area (Å²) in [5.41, 5.74) is -0.483. The van der Waals surface area contributed by atoms with Gasteiger partial charge in [0.1, 0.15) is 0 Å². The van der Waals surface area contributed by atoms with Gasteiger partial charge in [-0.05, 0) is 90.8 Å². The van der Waals surface area contributed by atoms with Gasteiger partial charge in [0.2, 0.25) is 0 Å². The van der Waals surface area contributed by atoms with E-state index in [0.29, 0.717) is 25.2 Å². The summed E-state index contributed by atoms with van der Waals surface area (Å²) < 4.78 is 0. The van der Waals surface area contributed by atoms with Gasteiger partial charge < -0.3 is 15.3 Å². The molecule has 196 valence electrons. The number of allylic oxidation sites excluding steroid dienone is 2. The number of rotatable bonds is 5. The van der Waals surface area contributed by atoms with Crippen molar-refractivity contribution in [1.29, 1.82) is 0 Å². The molecule has 4 aliphatic rings. The van der Waals surface area contributed by atoms with Crippen LogP contribution in [0.15, 0.2) is 11.6 Å². The van der Waals surface area contributed by atoms with Crippen LogP contribution in [0.2, 0.25) is 0 Å². The van der Waals surface area contributed by atoms with Crippen LogP contribution in [0.5, 0.6) is 0 Å². The Bertz CT molecular complexity index is 955. The molecule has 0 aliphatic heterocycles. The van der Waals surface area contributed by atoms with Gasteiger partial charge >= 0.3 is 17.9 Å². The van der Waals surface area contributed by atoms with Crippen molar-refractivity contribution in [2.24, 2.45) is 57.2 Å². The Hall–Kier alpha value is -1.85. The second kappa shape index (κ2) is 8.34. The Balaban J connectivity index is 1.85. The molecule has 0 aromatic rings. The van der Waals surface area contributed by atoms with Crippen molar-refractivity contribution in [3.8, 4) is 0 Å². The molecule has 6 nitrogen and oxygen atoms in total. The van der Waals surface area contributed by atoms with E-state index in [9.17, 15) is 29.7 Å². The first-order valence-electron chi connectivity index (χ1n) is 13.5. The number of hydrogen-bond acceptors (Lipinski definition) is 3. The van der Waals surface area contributed by atoms with Crippen LogP contribution in [-0.2, 0) is 14.4 Å². The summed E-state index contributed by atoms with van der Waals surface area (Å²) >= 11 is 0. The van der Waals surface area contributed by atoms with Crippen LogP contribution in [0, 0.1) is 57.2 Å². The molecule has 6 heteroatoms. The molecule has 0 aromatic carbocycles. The molecule has 35 heavy (non-hydrogen) atoms. The molecule has 0 heterocycles. The average molecular weight is 489 g/mol. The minimum absolute atomic E-state index is 0.00155. The summed E-state index contributed by atoms with van der Waals surface area (Å²) in [4.78, 5) is 36.9. The monoisotopic (exact) mass is 488 g/mol. The normalized spacial score (nSPS) is 47.9. The molecule has 0 radical (unpaired) electrons. The molecule has 0 saturated heterocycles. The van der Waals surface area contributed by atoms with Crippen molar-refractivity contribution in [2.75, 3.05) is 0 Å². The van der Waals surface area contributed by atoms with E-state index in [4.69, 9.17) is 0 Å². The average Bonchev–Trinajstić information content (AvgIpc) is 2.75. The maximum atomic E-state index is 12.8. The van der Waals surface area contributed by atoms with Gasteiger partial charge in [-0.15, -0.1) is 0 Å². The topological polar surface area (TPSA) is 112 Å². The van der Waals surface area contributed by atoms with E-state index in [0.717, 1.165) is 25.7 Å². The zero-order valence-corrected chi connectivity index (χ0v) is 22.3. The fraction of sp³-hybridized carbons (Fsp3) is 0.828. The molecular weight excluding hydrogens is 444 g/mol. The van der Waals surface area contributed by atoms with Gasteiger partial charge in [-0.2, -0.15) is 0 Å². The Morgan fingerprint density at radius 2 is 1.66 bits per heavy atom. The number of aliphatic carboxylic acids is 3. The molecule has 0 spiro atoms. The molecule has 10 atom stereocenters. The third-order valence-corrected chi connectivity index (χ3v) is 12.3. The van der Waals surface area contributed by atoms with E-state index in [1.165, 1.54) is 5.57 Å². The predicted octanol–water partition coefficient (Wildman–Crippen LogP) is 6.10. The van der Waals surface area contributed by atoms with Crippen molar-refractivity contribution in [3.63, 3.8) is 0 Å². The summed E-state index contributed by atoms with van der Waals surface area (Å²) in [6.45, 7) is 12.8. The Kier molecular flexibility index (Phi) is 6.25. The van der Waals surface area contributed by atoms with E-state index in [2.05, 4.69) is 33.8 Å². The standard InChI is InChI=1S/C29H44O6/c1-16-9-12-29(25(34)35)14-13-27(5)20(23(29)17(16)2)7-8-21-26(4,15-22(30)31)19(18(3)24(32)33)10-11-28(21,27)6/h7,16-19,21,23H,8-15H2,1-6H3,(H,30,31)(H,32,33)(H,34,35)/t16-,17+,18+,19+,21-,23+,26+,27-,28-,29+/m1/s1. The highest BCUT2D eigenvalue weighted by molar-refractivity contribution is 5.77. The van der Waals surface area contributed by atoms with Crippen molar-refractivity contribution in [3.05, 3.63) is 11.6 Å². The molecule has 3 fully saturated rings. The first-order valence-corrected chi connectivity index (χ1v) is 13.5. The van der Waals surface area contributed by atoms with Crippen LogP contribution >= 0.6 is 0 Å². The van der Waals surface area contributed by atoms with Crippen molar-refractivity contribution in [2.45, 2.75) is 92.9 Å². The van der Waals surface area contributed by atoms with Gasteiger partial charge in [0.15, 0.2) is 0 Å². The lowest BCUT2D eigenvalue weighted by Crippen LogP contribution is -2.63.